The number of hydrogen-bond acceptors (Lipinski definition) is 3. The third kappa shape index (κ3) is 3.15. The average molecular weight is 221 g/mol. The smallest absolute Gasteiger partial charge is 0.217 e. The van der Waals surface area contributed by atoms with E-state index in [1.165, 1.54) is 19.1 Å². The van der Waals surface area contributed by atoms with Gasteiger partial charge in [-0.15, -0.1) is 0 Å². The molecule has 0 bridgehead atoms. The van der Waals surface area contributed by atoms with Crippen molar-refractivity contribution >= 4 is 17.5 Å². The van der Waals surface area contributed by atoms with E-state index in [1.54, 1.807) is 13.8 Å². The maximum atomic E-state index is 11.6. The fourth-order valence-electron chi connectivity index (χ4n) is 1.59. The standard InChI is InChI=1S/C12H15NO3/c1-7-4-12(16)10(6-11(7)15)5-8(2)13-9(3)14/h4,6,8H,5H2,1-3H3,(H,13,14). The summed E-state index contributed by atoms with van der Waals surface area (Å²) in [6.45, 7) is 4.83. The first kappa shape index (κ1) is 12.4. The van der Waals surface area contributed by atoms with E-state index in [9.17, 15) is 14.4 Å². The Balaban J connectivity index is 2.69. The number of carbonyl (C=O) groups excluding carboxylic acids is 3. The van der Waals surface area contributed by atoms with Gasteiger partial charge in [0.1, 0.15) is 0 Å². The zero-order chi connectivity index (χ0) is 12.3. The lowest BCUT2D eigenvalue weighted by molar-refractivity contribution is -0.119. The fraction of sp³-hybridized carbons (Fsp3) is 0.417. The summed E-state index contributed by atoms with van der Waals surface area (Å²) in [6.07, 6.45) is 3.09. The molecule has 0 saturated heterocycles. The predicted octanol–water partition coefficient (Wildman–Crippen LogP) is 0.926. The minimum Gasteiger partial charge on any atom is -0.354 e. The van der Waals surface area contributed by atoms with Gasteiger partial charge in [0, 0.05) is 24.1 Å². The van der Waals surface area contributed by atoms with Crippen molar-refractivity contribution in [2.24, 2.45) is 0 Å². The lowest BCUT2D eigenvalue weighted by Crippen LogP contribution is -2.31. The van der Waals surface area contributed by atoms with Crippen LogP contribution in [0, 0.1) is 0 Å². The van der Waals surface area contributed by atoms with Crippen LogP contribution in [-0.2, 0) is 14.4 Å². The molecule has 16 heavy (non-hydrogen) atoms. The van der Waals surface area contributed by atoms with Crippen molar-refractivity contribution in [1.82, 2.24) is 5.32 Å². The molecule has 1 aliphatic carbocycles. The second-order valence-corrected chi connectivity index (χ2v) is 4.03. The first-order chi connectivity index (χ1) is 7.40. The van der Waals surface area contributed by atoms with Gasteiger partial charge in [-0.3, -0.25) is 14.4 Å². The molecule has 0 spiro atoms. The van der Waals surface area contributed by atoms with Gasteiger partial charge in [-0.2, -0.15) is 0 Å². The maximum Gasteiger partial charge on any atom is 0.217 e. The monoisotopic (exact) mass is 221 g/mol. The molecule has 0 radical (unpaired) electrons. The number of allylic oxidation sites excluding steroid dienone is 3. The van der Waals surface area contributed by atoms with Crippen molar-refractivity contribution in [3.63, 3.8) is 0 Å². The van der Waals surface area contributed by atoms with Crippen molar-refractivity contribution in [1.29, 1.82) is 0 Å². The number of carbonyl (C=O) groups is 3. The molecule has 86 valence electrons. The van der Waals surface area contributed by atoms with Crippen LogP contribution in [0.2, 0.25) is 0 Å². The second kappa shape index (κ2) is 4.88. The summed E-state index contributed by atoms with van der Waals surface area (Å²) in [4.78, 5) is 33.7. The van der Waals surface area contributed by atoms with E-state index in [-0.39, 0.29) is 23.5 Å². The molecule has 0 heterocycles. The van der Waals surface area contributed by atoms with Gasteiger partial charge in [-0.25, -0.2) is 0 Å². The van der Waals surface area contributed by atoms with Crippen LogP contribution >= 0.6 is 0 Å². The van der Waals surface area contributed by atoms with E-state index in [1.807, 2.05) is 0 Å². The van der Waals surface area contributed by atoms with E-state index in [0.29, 0.717) is 17.6 Å². The Morgan fingerprint density at radius 2 is 1.94 bits per heavy atom. The quantitative estimate of drug-likeness (QED) is 0.721. The normalized spacial score (nSPS) is 17.7. The first-order valence-corrected chi connectivity index (χ1v) is 5.14. The van der Waals surface area contributed by atoms with Crippen LogP contribution in [0.1, 0.15) is 27.2 Å². The van der Waals surface area contributed by atoms with Gasteiger partial charge >= 0.3 is 0 Å². The van der Waals surface area contributed by atoms with Crippen molar-refractivity contribution in [3.05, 3.63) is 23.3 Å². The SMILES string of the molecule is CC(=O)NC(C)CC1=CC(=O)C(C)=CC1=O. The molecule has 1 unspecified atom stereocenters. The highest BCUT2D eigenvalue weighted by molar-refractivity contribution is 6.19. The summed E-state index contributed by atoms with van der Waals surface area (Å²) < 4.78 is 0. The summed E-state index contributed by atoms with van der Waals surface area (Å²) in [6, 6.07) is -0.146. The molecule has 1 rings (SSSR count). The highest BCUT2D eigenvalue weighted by atomic mass is 16.1. The third-order valence-corrected chi connectivity index (χ3v) is 2.33. The van der Waals surface area contributed by atoms with Gasteiger partial charge in [-0.1, -0.05) is 0 Å². The van der Waals surface area contributed by atoms with Gasteiger partial charge in [0.05, 0.1) is 0 Å². The minimum absolute atomic E-state index is 0.135. The highest BCUT2D eigenvalue weighted by Crippen LogP contribution is 2.15. The van der Waals surface area contributed by atoms with E-state index in [2.05, 4.69) is 5.32 Å². The summed E-state index contributed by atoms with van der Waals surface area (Å²) in [5.74, 6) is -0.423. The van der Waals surface area contributed by atoms with Crippen LogP contribution in [0.15, 0.2) is 23.3 Å². The van der Waals surface area contributed by atoms with Crippen LogP contribution in [0.3, 0.4) is 0 Å². The Morgan fingerprint density at radius 1 is 1.31 bits per heavy atom. The number of ketones is 2. The van der Waals surface area contributed by atoms with Crippen LogP contribution in [0.5, 0.6) is 0 Å². The molecule has 0 aromatic heterocycles. The Labute approximate surface area is 94.4 Å². The molecule has 0 aromatic carbocycles. The Morgan fingerprint density at radius 3 is 2.50 bits per heavy atom. The van der Waals surface area contributed by atoms with Crippen molar-refractivity contribution in [2.45, 2.75) is 33.2 Å². The molecule has 1 amide bonds. The van der Waals surface area contributed by atoms with Gasteiger partial charge in [0.25, 0.3) is 0 Å². The molecule has 4 heteroatoms. The van der Waals surface area contributed by atoms with Crippen LogP contribution in [0.4, 0.5) is 0 Å². The van der Waals surface area contributed by atoms with Crippen molar-refractivity contribution < 1.29 is 14.4 Å². The largest absolute Gasteiger partial charge is 0.354 e. The molecule has 0 aliphatic heterocycles. The molecule has 0 saturated carbocycles. The number of rotatable bonds is 3. The highest BCUT2D eigenvalue weighted by Gasteiger charge is 2.19. The van der Waals surface area contributed by atoms with Crippen molar-refractivity contribution in [3.8, 4) is 0 Å². The lowest BCUT2D eigenvalue weighted by Gasteiger charge is -2.15. The zero-order valence-electron chi connectivity index (χ0n) is 9.66. The second-order valence-electron chi connectivity index (χ2n) is 4.03. The van der Waals surface area contributed by atoms with E-state index in [4.69, 9.17) is 0 Å². The van der Waals surface area contributed by atoms with Crippen molar-refractivity contribution in [2.75, 3.05) is 0 Å². The Hall–Kier alpha value is -1.71. The Bertz CT molecular complexity index is 404. The summed E-state index contributed by atoms with van der Waals surface area (Å²) in [5, 5.41) is 2.67. The van der Waals surface area contributed by atoms with E-state index in [0.717, 1.165) is 0 Å². The molecule has 0 aromatic rings. The topological polar surface area (TPSA) is 63.2 Å². The third-order valence-electron chi connectivity index (χ3n) is 2.33. The summed E-state index contributed by atoms with van der Waals surface area (Å²) >= 11 is 0. The number of hydrogen-bond donors (Lipinski definition) is 1. The first-order valence-electron chi connectivity index (χ1n) is 5.14. The van der Waals surface area contributed by atoms with Crippen LogP contribution in [0.25, 0.3) is 0 Å². The molecule has 1 aliphatic rings. The molecular weight excluding hydrogens is 206 g/mol. The van der Waals surface area contributed by atoms with Crippen LogP contribution < -0.4 is 5.32 Å². The number of amides is 1. The van der Waals surface area contributed by atoms with E-state index < -0.39 is 0 Å². The molecule has 0 fully saturated rings. The maximum absolute atomic E-state index is 11.6. The molecule has 1 atom stereocenters. The molecule has 4 nitrogen and oxygen atoms in total. The van der Waals surface area contributed by atoms with Gasteiger partial charge < -0.3 is 5.32 Å². The van der Waals surface area contributed by atoms with Gasteiger partial charge in [0.2, 0.25) is 5.91 Å². The predicted molar refractivity (Wildman–Crippen MR) is 59.7 cm³/mol. The fourth-order valence-corrected chi connectivity index (χ4v) is 1.59. The molecular formula is C12H15NO3. The minimum atomic E-state index is -0.146. The lowest BCUT2D eigenvalue weighted by atomic mass is 9.94. The number of nitrogens with one attached hydrogen (secondary N) is 1. The Kier molecular flexibility index (Phi) is 3.77. The zero-order valence-corrected chi connectivity index (χ0v) is 9.66. The van der Waals surface area contributed by atoms with Crippen LogP contribution in [-0.4, -0.2) is 23.5 Å². The summed E-state index contributed by atoms with van der Waals surface area (Å²) in [7, 11) is 0. The summed E-state index contributed by atoms with van der Waals surface area (Å²) in [5.41, 5.74) is 0.915. The molecule has 1 N–H and O–H groups in total. The van der Waals surface area contributed by atoms with Gasteiger partial charge in [-0.05, 0) is 32.4 Å². The average Bonchev–Trinajstić information content (AvgIpc) is 2.12. The van der Waals surface area contributed by atoms with Gasteiger partial charge in [0.15, 0.2) is 11.6 Å². The van der Waals surface area contributed by atoms with E-state index >= 15 is 0 Å².